The largest absolute Gasteiger partial charge is 0.497 e. The smallest absolute Gasteiger partial charge is 0.262 e. The van der Waals surface area contributed by atoms with E-state index in [-0.39, 0.29) is 11.1 Å². The SMILES string of the molecule is COc1ccc2cc(C(=O)Nc3nccs3)c(=N)oc2c1. The summed E-state index contributed by atoms with van der Waals surface area (Å²) in [6, 6.07) is 6.83. The molecule has 7 heteroatoms. The molecule has 0 aliphatic carbocycles. The molecule has 3 rings (SSSR count). The Morgan fingerprint density at radius 3 is 3.00 bits per heavy atom. The van der Waals surface area contributed by atoms with Gasteiger partial charge < -0.3 is 9.15 Å². The van der Waals surface area contributed by atoms with E-state index < -0.39 is 5.91 Å². The average molecular weight is 301 g/mol. The van der Waals surface area contributed by atoms with E-state index in [2.05, 4.69) is 10.3 Å². The van der Waals surface area contributed by atoms with Gasteiger partial charge in [-0.3, -0.25) is 15.5 Å². The minimum absolute atomic E-state index is 0.155. The summed E-state index contributed by atoms with van der Waals surface area (Å²) in [5.41, 5.74) is 0.442. The van der Waals surface area contributed by atoms with Crippen LogP contribution in [0.15, 0.2) is 40.3 Å². The second-order valence-electron chi connectivity index (χ2n) is 4.18. The van der Waals surface area contributed by atoms with Crippen LogP contribution in [0.3, 0.4) is 0 Å². The lowest BCUT2D eigenvalue weighted by Crippen LogP contribution is -2.20. The molecule has 0 unspecified atom stereocenters. The fourth-order valence-corrected chi connectivity index (χ4v) is 2.38. The number of methoxy groups -OCH3 is 1. The number of carbonyl (C=O) groups is 1. The van der Waals surface area contributed by atoms with Crippen molar-refractivity contribution >= 4 is 33.3 Å². The van der Waals surface area contributed by atoms with E-state index in [4.69, 9.17) is 14.6 Å². The number of nitrogens with one attached hydrogen (secondary N) is 2. The van der Waals surface area contributed by atoms with Gasteiger partial charge in [-0.15, -0.1) is 11.3 Å². The van der Waals surface area contributed by atoms with Gasteiger partial charge in [-0.25, -0.2) is 4.98 Å². The zero-order chi connectivity index (χ0) is 14.8. The number of hydrogen-bond acceptors (Lipinski definition) is 6. The van der Waals surface area contributed by atoms with Gasteiger partial charge in [0.05, 0.1) is 7.11 Å². The summed E-state index contributed by atoms with van der Waals surface area (Å²) in [6.45, 7) is 0. The van der Waals surface area contributed by atoms with Gasteiger partial charge in [-0.05, 0) is 18.2 Å². The number of anilines is 1. The molecule has 1 amide bonds. The number of benzene rings is 1. The third-order valence-electron chi connectivity index (χ3n) is 2.87. The summed E-state index contributed by atoms with van der Waals surface area (Å²) < 4.78 is 10.5. The second-order valence-corrected chi connectivity index (χ2v) is 5.08. The average Bonchev–Trinajstić information content (AvgIpc) is 2.98. The summed E-state index contributed by atoms with van der Waals surface area (Å²) in [4.78, 5) is 16.1. The molecule has 2 N–H and O–H groups in total. The number of fused-ring (bicyclic) bond motifs is 1. The third kappa shape index (κ3) is 2.63. The van der Waals surface area contributed by atoms with E-state index in [1.165, 1.54) is 11.3 Å². The van der Waals surface area contributed by atoms with Crippen molar-refractivity contribution in [2.45, 2.75) is 0 Å². The third-order valence-corrected chi connectivity index (χ3v) is 3.56. The molecule has 0 aliphatic heterocycles. The van der Waals surface area contributed by atoms with Gasteiger partial charge >= 0.3 is 0 Å². The maximum Gasteiger partial charge on any atom is 0.262 e. The van der Waals surface area contributed by atoms with Gasteiger partial charge in [0, 0.05) is 23.0 Å². The van der Waals surface area contributed by atoms with Gasteiger partial charge in [0.15, 0.2) is 5.13 Å². The molecule has 0 saturated carbocycles. The monoisotopic (exact) mass is 301 g/mol. The van der Waals surface area contributed by atoms with E-state index in [1.54, 1.807) is 43.0 Å². The predicted molar refractivity (Wildman–Crippen MR) is 78.7 cm³/mol. The maximum atomic E-state index is 12.2. The minimum atomic E-state index is -0.420. The topological polar surface area (TPSA) is 88.2 Å². The Bertz CT molecular complexity index is 856. The molecule has 3 aromatic rings. The molecule has 1 aromatic carbocycles. The first-order valence-corrected chi connectivity index (χ1v) is 6.92. The predicted octanol–water partition coefficient (Wildman–Crippen LogP) is 2.63. The van der Waals surface area contributed by atoms with Crippen LogP contribution in [0.5, 0.6) is 5.75 Å². The van der Waals surface area contributed by atoms with E-state index in [0.29, 0.717) is 16.5 Å². The van der Waals surface area contributed by atoms with Crippen molar-refractivity contribution in [2.24, 2.45) is 0 Å². The molecule has 0 fully saturated rings. The molecule has 0 spiro atoms. The first kappa shape index (κ1) is 13.3. The van der Waals surface area contributed by atoms with Crippen molar-refractivity contribution in [3.8, 4) is 5.75 Å². The quantitative estimate of drug-likeness (QED) is 0.778. The maximum absolute atomic E-state index is 12.2. The molecule has 2 heterocycles. The Morgan fingerprint density at radius 1 is 1.43 bits per heavy atom. The van der Waals surface area contributed by atoms with E-state index in [1.807, 2.05) is 0 Å². The number of nitrogens with zero attached hydrogens (tertiary/aromatic N) is 1. The zero-order valence-electron chi connectivity index (χ0n) is 11.0. The Labute approximate surface area is 123 Å². The van der Waals surface area contributed by atoms with E-state index in [0.717, 1.165) is 5.39 Å². The Morgan fingerprint density at radius 2 is 2.29 bits per heavy atom. The second kappa shape index (κ2) is 5.37. The highest BCUT2D eigenvalue weighted by atomic mass is 32.1. The van der Waals surface area contributed by atoms with Crippen molar-refractivity contribution < 1.29 is 13.9 Å². The number of ether oxygens (including phenoxy) is 1. The summed E-state index contributed by atoms with van der Waals surface area (Å²) in [6.07, 6.45) is 1.60. The lowest BCUT2D eigenvalue weighted by molar-refractivity contribution is 0.102. The normalized spacial score (nSPS) is 10.5. The molecule has 0 aliphatic rings. The lowest BCUT2D eigenvalue weighted by atomic mass is 10.1. The van der Waals surface area contributed by atoms with Crippen molar-refractivity contribution in [1.82, 2.24) is 4.98 Å². The van der Waals surface area contributed by atoms with Crippen LogP contribution in [-0.4, -0.2) is 18.0 Å². The first-order valence-electron chi connectivity index (χ1n) is 6.05. The van der Waals surface area contributed by atoms with Crippen molar-refractivity contribution in [3.05, 3.63) is 47.0 Å². The number of thiazole rings is 1. The molecular formula is C14H11N3O3S. The number of aromatic nitrogens is 1. The summed E-state index contributed by atoms with van der Waals surface area (Å²) >= 11 is 1.31. The van der Waals surface area contributed by atoms with Crippen LogP contribution < -0.4 is 15.6 Å². The Kier molecular flexibility index (Phi) is 3.41. The Hall–Kier alpha value is -2.67. The molecule has 0 atom stereocenters. The molecule has 106 valence electrons. The number of rotatable bonds is 3. The highest BCUT2D eigenvalue weighted by molar-refractivity contribution is 7.13. The first-order chi connectivity index (χ1) is 10.2. The fraction of sp³-hybridized carbons (Fsp3) is 0.0714. The molecule has 21 heavy (non-hydrogen) atoms. The van der Waals surface area contributed by atoms with Gasteiger partial charge in [0.1, 0.15) is 16.9 Å². The molecule has 0 saturated heterocycles. The van der Waals surface area contributed by atoms with Crippen LogP contribution >= 0.6 is 11.3 Å². The van der Waals surface area contributed by atoms with Crippen LogP contribution in [0, 0.1) is 5.41 Å². The van der Waals surface area contributed by atoms with Crippen molar-refractivity contribution in [3.63, 3.8) is 0 Å². The zero-order valence-corrected chi connectivity index (χ0v) is 11.9. The van der Waals surface area contributed by atoms with Crippen LogP contribution in [0.25, 0.3) is 11.0 Å². The number of hydrogen-bond donors (Lipinski definition) is 2. The van der Waals surface area contributed by atoms with Crippen molar-refractivity contribution in [2.75, 3.05) is 12.4 Å². The number of amides is 1. The minimum Gasteiger partial charge on any atom is -0.497 e. The highest BCUT2D eigenvalue weighted by Gasteiger charge is 2.13. The lowest BCUT2D eigenvalue weighted by Gasteiger charge is -2.05. The van der Waals surface area contributed by atoms with E-state index in [9.17, 15) is 4.79 Å². The highest BCUT2D eigenvalue weighted by Crippen LogP contribution is 2.20. The fourth-order valence-electron chi connectivity index (χ4n) is 1.85. The van der Waals surface area contributed by atoms with Crippen LogP contribution in [0.4, 0.5) is 5.13 Å². The Balaban J connectivity index is 2.01. The molecule has 0 radical (unpaired) electrons. The van der Waals surface area contributed by atoms with Crippen molar-refractivity contribution in [1.29, 1.82) is 5.41 Å². The van der Waals surface area contributed by atoms with Gasteiger partial charge in [0.25, 0.3) is 5.91 Å². The van der Waals surface area contributed by atoms with Crippen LogP contribution in [0.2, 0.25) is 0 Å². The standard InChI is InChI=1S/C14H11N3O3S/c1-19-9-3-2-8-6-10(12(15)20-11(8)7-9)13(18)17-14-16-4-5-21-14/h2-7,15H,1H3,(H,16,17,18). The molecular weight excluding hydrogens is 290 g/mol. The van der Waals surface area contributed by atoms with Gasteiger partial charge in [-0.1, -0.05) is 0 Å². The summed E-state index contributed by atoms with van der Waals surface area (Å²) in [5.74, 6) is 0.210. The van der Waals surface area contributed by atoms with E-state index >= 15 is 0 Å². The summed E-state index contributed by atoms with van der Waals surface area (Å²) in [7, 11) is 1.55. The molecule has 2 aromatic heterocycles. The van der Waals surface area contributed by atoms with Crippen LogP contribution in [-0.2, 0) is 0 Å². The molecule has 6 nitrogen and oxygen atoms in total. The summed E-state index contributed by atoms with van der Waals surface area (Å²) in [5, 5.41) is 13.4. The van der Waals surface area contributed by atoms with Gasteiger partial charge in [-0.2, -0.15) is 0 Å². The number of carbonyl (C=O) groups excluding carboxylic acids is 1. The van der Waals surface area contributed by atoms with Crippen LogP contribution in [0.1, 0.15) is 10.4 Å². The van der Waals surface area contributed by atoms with Gasteiger partial charge in [0.2, 0.25) is 5.55 Å². The molecule has 0 bridgehead atoms.